The van der Waals surface area contributed by atoms with E-state index in [1.165, 1.54) is 7.11 Å². The van der Waals surface area contributed by atoms with E-state index in [0.717, 1.165) is 6.54 Å². The summed E-state index contributed by atoms with van der Waals surface area (Å²) in [6, 6.07) is 0. The first-order valence-electron chi connectivity index (χ1n) is 5.53. The Balaban J connectivity index is 3.91. The lowest BCUT2D eigenvalue weighted by atomic mass is 10.2. The van der Waals surface area contributed by atoms with Crippen LogP contribution in [0.3, 0.4) is 0 Å². The summed E-state index contributed by atoms with van der Waals surface area (Å²) in [5.41, 5.74) is 5.15. The molecule has 16 heavy (non-hydrogen) atoms. The summed E-state index contributed by atoms with van der Waals surface area (Å²) in [4.78, 5) is 23.7. The zero-order valence-corrected chi connectivity index (χ0v) is 10.4. The highest BCUT2D eigenvalue weighted by Crippen LogP contribution is 2.01. The number of methoxy groups -OCH3 is 1. The van der Waals surface area contributed by atoms with Crippen molar-refractivity contribution in [1.82, 2.24) is 4.90 Å². The Kier molecular flexibility index (Phi) is 7.54. The summed E-state index contributed by atoms with van der Waals surface area (Å²) in [7, 11) is 1.37. The van der Waals surface area contributed by atoms with Crippen molar-refractivity contribution in [2.24, 2.45) is 11.7 Å². The monoisotopic (exact) mass is 230 g/mol. The number of rotatable bonds is 8. The normalized spacial score (nSPS) is 10.8. The van der Waals surface area contributed by atoms with Crippen molar-refractivity contribution in [3.8, 4) is 0 Å². The number of nitrogens with zero attached hydrogens (tertiary/aromatic N) is 1. The van der Waals surface area contributed by atoms with Gasteiger partial charge in [0.25, 0.3) is 0 Å². The summed E-state index contributed by atoms with van der Waals surface area (Å²) in [5, 5.41) is 0. The van der Waals surface area contributed by atoms with Crippen molar-refractivity contribution in [3.05, 3.63) is 0 Å². The minimum Gasteiger partial charge on any atom is -0.469 e. The maximum absolute atomic E-state index is 10.9. The molecule has 0 aliphatic rings. The Bertz CT molecular complexity index is 229. The van der Waals surface area contributed by atoms with Crippen molar-refractivity contribution in [1.29, 1.82) is 0 Å². The van der Waals surface area contributed by atoms with Gasteiger partial charge in [-0.05, 0) is 18.9 Å². The van der Waals surface area contributed by atoms with Crippen molar-refractivity contribution in [2.45, 2.75) is 26.7 Å². The van der Waals surface area contributed by atoms with E-state index in [-0.39, 0.29) is 18.4 Å². The molecule has 0 fully saturated rings. The molecule has 2 N–H and O–H groups in total. The highest BCUT2D eigenvalue weighted by Gasteiger charge is 2.10. The van der Waals surface area contributed by atoms with Crippen LogP contribution < -0.4 is 5.73 Å². The van der Waals surface area contributed by atoms with E-state index in [4.69, 9.17) is 5.73 Å². The summed E-state index contributed by atoms with van der Waals surface area (Å²) in [5.74, 6) is -0.0835. The Labute approximate surface area is 96.9 Å². The number of amides is 1. The lowest BCUT2D eigenvalue weighted by Gasteiger charge is -2.22. The molecule has 0 bridgehead atoms. The third-order valence-corrected chi connectivity index (χ3v) is 2.09. The molecular weight excluding hydrogens is 208 g/mol. The average molecular weight is 230 g/mol. The van der Waals surface area contributed by atoms with Crippen LogP contribution in [0.5, 0.6) is 0 Å². The maximum Gasteiger partial charge on any atom is 0.305 e. The number of ether oxygens (including phenoxy) is 1. The molecule has 0 saturated carbocycles. The fourth-order valence-corrected chi connectivity index (χ4v) is 1.52. The largest absolute Gasteiger partial charge is 0.469 e. The molecule has 5 heteroatoms. The van der Waals surface area contributed by atoms with Gasteiger partial charge in [-0.15, -0.1) is 0 Å². The van der Waals surface area contributed by atoms with Gasteiger partial charge in [-0.3, -0.25) is 14.5 Å². The lowest BCUT2D eigenvalue weighted by molar-refractivity contribution is -0.140. The molecule has 0 saturated heterocycles. The van der Waals surface area contributed by atoms with Crippen molar-refractivity contribution >= 4 is 11.9 Å². The van der Waals surface area contributed by atoms with Crippen LogP contribution in [0.2, 0.25) is 0 Å². The van der Waals surface area contributed by atoms with Crippen LogP contribution in [-0.4, -0.2) is 43.5 Å². The predicted octanol–water partition coefficient (Wildman–Crippen LogP) is 0.383. The SMILES string of the molecule is COC(=O)CCCN(CC(N)=O)CC(C)C. The first kappa shape index (κ1) is 14.9. The topological polar surface area (TPSA) is 72.6 Å². The lowest BCUT2D eigenvalue weighted by Crippen LogP contribution is -2.37. The van der Waals surface area contributed by atoms with E-state index in [1.54, 1.807) is 0 Å². The molecule has 0 heterocycles. The highest BCUT2D eigenvalue weighted by molar-refractivity contribution is 5.75. The van der Waals surface area contributed by atoms with Gasteiger partial charge in [0.05, 0.1) is 13.7 Å². The second-order valence-electron chi connectivity index (χ2n) is 4.27. The molecule has 0 aliphatic carbocycles. The van der Waals surface area contributed by atoms with Crippen LogP contribution in [0.15, 0.2) is 0 Å². The number of esters is 1. The van der Waals surface area contributed by atoms with Gasteiger partial charge >= 0.3 is 5.97 Å². The molecule has 0 spiro atoms. The third-order valence-electron chi connectivity index (χ3n) is 2.09. The van der Waals surface area contributed by atoms with Crippen molar-refractivity contribution in [2.75, 3.05) is 26.7 Å². The molecular formula is C11H22N2O3. The molecule has 0 radical (unpaired) electrons. The Hall–Kier alpha value is -1.10. The molecule has 0 aromatic carbocycles. The number of primary amides is 1. The van der Waals surface area contributed by atoms with Gasteiger partial charge in [-0.25, -0.2) is 0 Å². The Morgan fingerprint density at radius 1 is 1.38 bits per heavy atom. The summed E-state index contributed by atoms with van der Waals surface area (Å²) in [6.45, 7) is 5.91. The first-order chi connectivity index (χ1) is 7.45. The predicted molar refractivity (Wildman–Crippen MR) is 61.7 cm³/mol. The number of hydrogen-bond acceptors (Lipinski definition) is 4. The van der Waals surface area contributed by atoms with E-state index in [0.29, 0.717) is 25.3 Å². The third kappa shape index (κ3) is 8.23. The Morgan fingerprint density at radius 2 is 2.00 bits per heavy atom. The van der Waals surface area contributed by atoms with Gasteiger partial charge in [0.2, 0.25) is 5.91 Å². The zero-order chi connectivity index (χ0) is 12.6. The van der Waals surface area contributed by atoms with E-state index >= 15 is 0 Å². The van der Waals surface area contributed by atoms with Crippen LogP contribution in [0.4, 0.5) is 0 Å². The van der Waals surface area contributed by atoms with Gasteiger partial charge in [0, 0.05) is 13.0 Å². The molecule has 0 aromatic heterocycles. The average Bonchev–Trinajstić information content (AvgIpc) is 2.15. The number of nitrogens with two attached hydrogens (primary N) is 1. The Morgan fingerprint density at radius 3 is 2.44 bits per heavy atom. The van der Waals surface area contributed by atoms with Gasteiger partial charge in [-0.2, -0.15) is 0 Å². The molecule has 0 unspecified atom stereocenters. The number of carbonyl (C=O) groups excluding carboxylic acids is 2. The van der Waals surface area contributed by atoms with Crippen molar-refractivity contribution in [3.63, 3.8) is 0 Å². The van der Waals surface area contributed by atoms with E-state index in [9.17, 15) is 9.59 Å². The van der Waals surface area contributed by atoms with Crippen LogP contribution in [0.1, 0.15) is 26.7 Å². The molecule has 5 nitrogen and oxygen atoms in total. The number of hydrogen-bond donors (Lipinski definition) is 1. The molecule has 0 aliphatic heterocycles. The van der Waals surface area contributed by atoms with Gasteiger partial charge < -0.3 is 10.5 Å². The van der Waals surface area contributed by atoms with Gasteiger partial charge in [-0.1, -0.05) is 13.8 Å². The fraction of sp³-hybridized carbons (Fsp3) is 0.818. The van der Waals surface area contributed by atoms with Crippen LogP contribution in [0, 0.1) is 5.92 Å². The molecule has 1 amide bonds. The second-order valence-corrected chi connectivity index (χ2v) is 4.27. The quantitative estimate of drug-likeness (QED) is 0.612. The van der Waals surface area contributed by atoms with E-state index in [2.05, 4.69) is 18.6 Å². The summed E-state index contributed by atoms with van der Waals surface area (Å²) < 4.78 is 4.55. The standard InChI is InChI=1S/C11H22N2O3/c1-9(2)7-13(8-10(12)14)6-4-5-11(15)16-3/h9H,4-8H2,1-3H3,(H2,12,14). The summed E-state index contributed by atoms with van der Waals surface area (Å²) >= 11 is 0. The van der Waals surface area contributed by atoms with Crippen LogP contribution in [-0.2, 0) is 14.3 Å². The zero-order valence-electron chi connectivity index (χ0n) is 10.4. The fourth-order valence-electron chi connectivity index (χ4n) is 1.52. The molecule has 94 valence electrons. The van der Waals surface area contributed by atoms with Crippen LogP contribution >= 0.6 is 0 Å². The minimum absolute atomic E-state index is 0.219. The van der Waals surface area contributed by atoms with Gasteiger partial charge in [0.1, 0.15) is 0 Å². The first-order valence-corrected chi connectivity index (χ1v) is 5.53. The molecule has 0 atom stereocenters. The smallest absolute Gasteiger partial charge is 0.305 e. The van der Waals surface area contributed by atoms with Crippen LogP contribution in [0.25, 0.3) is 0 Å². The molecule has 0 rings (SSSR count). The number of carbonyl (C=O) groups is 2. The van der Waals surface area contributed by atoms with Crippen molar-refractivity contribution < 1.29 is 14.3 Å². The minimum atomic E-state index is -0.335. The maximum atomic E-state index is 10.9. The molecule has 0 aromatic rings. The van der Waals surface area contributed by atoms with E-state index in [1.807, 2.05) is 4.90 Å². The van der Waals surface area contributed by atoms with E-state index < -0.39 is 0 Å². The van der Waals surface area contributed by atoms with Gasteiger partial charge in [0.15, 0.2) is 0 Å². The second kappa shape index (κ2) is 8.10. The summed E-state index contributed by atoms with van der Waals surface area (Å²) in [6.07, 6.45) is 1.07. The highest BCUT2D eigenvalue weighted by atomic mass is 16.5.